The number of nitrogen functional groups attached to an aromatic ring is 1. The fraction of sp³-hybridized carbons (Fsp3) is 0.667. The number of anilines is 2. The molecule has 5 N–H and O–H groups in total. The first-order valence-corrected chi connectivity index (χ1v) is 6.18. The normalized spacial score (nSPS) is 14.4. The maximum atomic E-state index is 9.46. The smallest absolute Gasteiger partial charge is 0.148 e. The summed E-state index contributed by atoms with van der Waals surface area (Å²) in [5.41, 5.74) is 3.11. The topological polar surface area (TPSA) is 96.1 Å². The first-order valence-electron chi connectivity index (χ1n) is 6.18. The molecule has 1 rings (SSSR count). The van der Waals surface area contributed by atoms with Crippen LogP contribution in [0.3, 0.4) is 0 Å². The van der Waals surface area contributed by atoms with Crippen molar-refractivity contribution in [2.75, 3.05) is 17.3 Å². The zero-order chi connectivity index (χ0) is 13.8. The number of nitrogens with two attached hydrogens (primary N) is 1. The van der Waals surface area contributed by atoms with Crippen LogP contribution in [0.1, 0.15) is 45.6 Å². The van der Waals surface area contributed by atoms with Gasteiger partial charge in [0.25, 0.3) is 0 Å². The Kier molecular flexibility index (Phi) is 4.86. The molecular formula is C12H23N5O. The van der Waals surface area contributed by atoms with E-state index in [9.17, 15) is 5.11 Å². The van der Waals surface area contributed by atoms with E-state index in [1.54, 1.807) is 0 Å². The Morgan fingerprint density at radius 2 is 2.00 bits per heavy atom. The highest BCUT2D eigenvalue weighted by Gasteiger charge is 2.24. The van der Waals surface area contributed by atoms with Gasteiger partial charge in [-0.3, -0.25) is 0 Å². The van der Waals surface area contributed by atoms with Crippen molar-refractivity contribution in [2.45, 2.75) is 45.6 Å². The van der Waals surface area contributed by atoms with Crippen LogP contribution in [0.4, 0.5) is 11.6 Å². The van der Waals surface area contributed by atoms with Crippen LogP contribution in [-0.2, 0) is 0 Å². The maximum Gasteiger partial charge on any atom is 0.148 e. The molecule has 0 spiro atoms. The Morgan fingerprint density at radius 3 is 2.44 bits per heavy atom. The molecule has 0 saturated carbocycles. The summed E-state index contributed by atoms with van der Waals surface area (Å²) in [6.07, 6.45) is 2.24. The van der Waals surface area contributed by atoms with Crippen LogP contribution in [-0.4, -0.2) is 27.2 Å². The highest BCUT2D eigenvalue weighted by atomic mass is 16.3. The number of hydrogen-bond donors (Lipinski definition) is 4. The third-order valence-corrected chi connectivity index (χ3v) is 3.15. The largest absolute Gasteiger partial charge is 0.394 e. The minimum Gasteiger partial charge on any atom is -0.394 e. The summed E-state index contributed by atoms with van der Waals surface area (Å²) in [5.74, 6) is 7.01. The molecule has 1 unspecified atom stereocenters. The first kappa shape index (κ1) is 14.7. The molecule has 0 aromatic carbocycles. The molecular weight excluding hydrogens is 230 g/mol. The molecule has 6 nitrogen and oxygen atoms in total. The number of nitrogens with one attached hydrogen (secondary N) is 2. The fourth-order valence-electron chi connectivity index (χ4n) is 1.68. The lowest BCUT2D eigenvalue weighted by atomic mass is 9.98. The van der Waals surface area contributed by atoms with Gasteiger partial charge in [0.15, 0.2) is 0 Å². The van der Waals surface area contributed by atoms with E-state index in [-0.39, 0.29) is 12.5 Å². The van der Waals surface area contributed by atoms with Crippen LogP contribution in [0, 0.1) is 0 Å². The maximum absolute atomic E-state index is 9.46. The van der Waals surface area contributed by atoms with Gasteiger partial charge < -0.3 is 15.8 Å². The van der Waals surface area contributed by atoms with Gasteiger partial charge in [0.1, 0.15) is 18.0 Å². The molecule has 0 bridgehead atoms. The number of hydrogen-bond acceptors (Lipinski definition) is 6. The molecule has 1 aromatic rings. The molecule has 1 heterocycles. The average molecular weight is 253 g/mol. The van der Waals surface area contributed by atoms with Crippen LogP contribution in [0.2, 0.25) is 0 Å². The number of aromatic nitrogens is 2. The SMILES string of the molecule is CCC(C)(CO)Nc1ncnc(NN)c1C(C)C. The van der Waals surface area contributed by atoms with E-state index in [1.165, 1.54) is 6.33 Å². The van der Waals surface area contributed by atoms with E-state index < -0.39 is 5.54 Å². The quantitative estimate of drug-likeness (QED) is 0.453. The van der Waals surface area contributed by atoms with Crippen molar-refractivity contribution in [3.63, 3.8) is 0 Å². The summed E-state index contributed by atoms with van der Waals surface area (Å²) >= 11 is 0. The van der Waals surface area contributed by atoms with Gasteiger partial charge >= 0.3 is 0 Å². The molecule has 0 fully saturated rings. The molecule has 0 saturated heterocycles. The Labute approximate surface area is 108 Å². The second-order valence-corrected chi connectivity index (χ2v) is 4.98. The van der Waals surface area contributed by atoms with Gasteiger partial charge in [-0.1, -0.05) is 20.8 Å². The minimum absolute atomic E-state index is 0.0381. The summed E-state index contributed by atoms with van der Waals surface area (Å²) < 4.78 is 0. The van der Waals surface area contributed by atoms with Crippen LogP contribution < -0.4 is 16.6 Å². The summed E-state index contributed by atoms with van der Waals surface area (Å²) in [6, 6.07) is 0. The summed E-state index contributed by atoms with van der Waals surface area (Å²) in [7, 11) is 0. The number of hydrazine groups is 1. The van der Waals surface area contributed by atoms with Gasteiger partial charge in [0.05, 0.1) is 12.1 Å². The van der Waals surface area contributed by atoms with E-state index in [1.807, 2.05) is 27.7 Å². The average Bonchev–Trinajstić information content (AvgIpc) is 2.37. The standard InChI is InChI=1S/C12H23N5O/c1-5-12(4,6-18)16-10-9(8(2)3)11(17-13)15-7-14-10/h7-8,18H,5-6,13H2,1-4H3,(H2,14,15,16,17). The van der Waals surface area contributed by atoms with Crippen molar-refractivity contribution in [3.05, 3.63) is 11.9 Å². The van der Waals surface area contributed by atoms with Crippen LogP contribution >= 0.6 is 0 Å². The molecule has 102 valence electrons. The summed E-state index contributed by atoms with van der Waals surface area (Å²) in [6.45, 7) is 8.10. The lowest BCUT2D eigenvalue weighted by Gasteiger charge is -2.29. The summed E-state index contributed by atoms with van der Waals surface area (Å²) in [5, 5.41) is 12.7. The zero-order valence-electron chi connectivity index (χ0n) is 11.5. The number of rotatable bonds is 6. The van der Waals surface area contributed by atoms with Crippen molar-refractivity contribution in [1.82, 2.24) is 9.97 Å². The van der Waals surface area contributed by atoms with E-state index in [0.717, 1.165) is 12.0 Å². The Hall–Kier alpha value is -1.40. The fourth-order valence-corrected chi connectivity index (χ4v) is 1.68. The van der Waals surface area contributed by atoms with Gasteiger partial charge in [-0.05, 0) is 19.3 Å². The third kappa shape index (κ3) is 3.08. The van der Waals surface area contributed by atoms with E-state index in [2.05, 4.69) is 20.7 Å². The molecule has 0 aliphatic rings. The summed E-state index contributed by atoms with van der Waals surface area (Å²) in [4.78, 5) is 8.37. The van der Waals surface area contributed by atoms with Gasteiger partial charge in [-0.2, -0.15) is 0 Å². The Bertz CT molecular complexity index is 390. The Balaban J connectivity index is 3.16. The van der Waals surface area contributed by atoms with Crippen LogP contribution in [0.25, 0.3) is 0 Å². The second kappa shape index (κ2) is 5.97. The zero-order valence-corrected chi connectivity index (χ0v) is 11.5. The molecule has 6 heteroatoms. The van der Waals surface area contributed by atoms with Gasteiger partial charge in [-0.25, -0.2) is 15.8 Å². The Morgan fingerprint density at radius 1 is 1.39 bits per heavy atom. The van der Waals surface area contributed by atoms with Crippen LogP contribution in [0.5, 0.6) is 0 Å². The van der Waals surface area contributed by atoms with Crippen molar-refractivity contribution < 1.29 is 5.11 Å². The van der Waals surface area contributed by atoms with Gasteiger partial charge in [-0.15, -0.1) is 0 Å². The monoisotopic (exact) mass is 253 g/mol. The number of nitrogens with zero attached hydrogens (tertiary/aromatic N) is 2. The molecule has 1 atom stereocenters. The van der Waals surface area contributed by atoms with E-state index in [4.69, 9.17) is 5.84 Å². The number of aliphatic hydroxyl groups excluding tert-OH is 1. The predicted molar refractivity (Wildman–Crippen MR) is 73.3 cm³/mol. The molecule has 0 aliphatic heterocycles. The highest BCUT2D eigenvalue weighted by molar-refractivity contribution is 5.59. The second-order valence-electron chi connectivity index (χ2n) is 4.98. The van der Waals surface area contributed by atoms with E-state index in [0.29, 0.717) is 11.6 Å². The molecule has 0 aliphatic carbocycles. The molecule has 0 radical (unpaired) electrons. The van der Waals surface area contributed by atoms with Crippen molar-refractivity contribution >= 4 is 11.6 Å². The van der Waals surface area contributed by atoms with Crippen molar-refractivity contribution in [3.8, 4) is 0 Å². The van der Waals surface area contributed by atoms with E-state index >= 15 is 0 Å². The third-order valence-electron chi connectivity index (χ3n) is 3.15. The molecule has 0 amide bonds. The van der Waals surface area contributed by atoms with Crippen molar-refractivity contribution in [1.29, 1.82) is 0 Å². The molecule has 18 heavy (non-hydrogen) atoms. The lowest BCUT2D eigenvalue weighted by molar-refractivity contribution is 0.218. The van der Waals surface area contributed by atoms with Gasteiger partial charge in [0.2, 0.25) is 0 Å². The van der Waals surface area contributed by atoms with Crippen molar-refractivity contribution in [2.24, 2.45) is 5.84 Å². The van der Waals surface area contributed by atoms with Crippen LogP contribution in [0.15, 0.2) is 6.33 Å². The first-order chi connectivity index (χ1) is 8.47. The predicted octanol–water partition coefficient (Wildman–Crippen LogP) is 1.46. The number of aliphatic hydroxyl groups is 1. The highest BCUT2D eigenvalue weighted by Crippen LogP contribution is 2.30. The van der Waals surface area contributed by atoms with Gasteiger partial charge in [0, 0.05) is 5.56 Å². The minimum atomic E-state index is -0.399. The molecule has 1 aromatic heterocycles. The lowest BCUT2D eigenvalue weighted by Crippen LogP contribution is -2.38.